The van der Waals surface area contributed by atoms with E-state index in [1.54, 1.807) is 6.07 Å². The van der Waals surface area contributed by atoms with Crippen molar-refractivity contribution in [2.45, 2.75) is 6.54 Å². The number of nitrogens with one attached hydrogen (secondary N) is 1. The van der Waals surface area contributed by atoms with E-state index in [0.717, 1.165) is 11.3 Å². The molecule has 0 bridgehead atoms. The zero-order valence-electron chi connectivity index (χ0n) is 11.4. The first-order valence-electron chi connectivity index (χ1n) is 6.54. The molecule has 20 heavy (non-hydrogen) atoms. The van der Waals surface area contributed by atoms with Crippen LogP contribution in [0, 0.1) is 5.82 Å². The van der Waals surface area contributed by atoms with Crippen LogP contribution in [-0.2, 0) is 6.54 Å². The third-order valence-electron chi connectivity index (χ3n) is 2.76. The molecular formula is C16H18FNO2. The number of hydrogen-bond donors (Lipinski definition) is 1. The third-order valence-corrected chi connectivity index (χ3v) is 2.76. The Morgan fingerprint density at radius 3 is 2.45 bits per heavy atom. The Kier molecular flexibility index (Phi) is 5.38. The van der Waals surface area contributed by atoms with E-state index in [1.165, 1.54) is 6.07 Å². The van der Waals surface area contributed by atoms with E-state index >= 15 is 0 Å². The molecule has 2 rings (SSSR count). The van der Waals surface area contributed by atoms with Gasteiger partial charge in [0.25, 0.3) is 0 Å². The van der Waals surface area contributed by atoms with Gasteiger partial charge in [-0.3, -0.25) is 0 Å². The monoisotopic (exact) mass is 275 g/mol. The highest BCUT2D eigenvalue weighted by Crippen LogP contribution is 2.22. The van der Waals surface area contributed by atoms with Crippen molar-refractivity contribution in [2.75, 3.05) is 20.3 Å². The first-order chi connectivity index (χ1) is 9.81. The fraction of sp³-hybridized carbons (Fsp3) is 0.250. The average molecular weight is 275 g/mol. The largest absolute Gasteiger partial charge is 0.490 e. The Balaban J connectivity index is 1.87. The SMILES string of the molecule is CNCc1cccc(F)c1OCCOc1ccccc1. The maximum absolute atomic E-state index is 13.7. The highest BCUT2D eigenvalue weighted by molar-refractivity contribution is 5.34. The summed E-state index contributed by atoms with van der Waals surface area (Å²) < 4.78 is 24.7. The molecule has 0 spiro atoms. The molecule has 0 radical (unpaired) electrons. The molecule has 0 atom stereocenters. The van der Waals surface area contributed by atoms with Crippen LogP contribution in [0.2, 0.25) is 0 Å². The summed E-state index contributed by atoms with van der Waals surface area (Å²) in [6.45, 7) is 1.23. The maximum atomic E-state index is 13.7. The standard InChI is InChI=1S/C16H18FNO2/c1-18-12-13-6-5-9-15(17)16(13)20-11-10-19-14-7-3-2-4-8-14/h2-9,18H,10-12H2,1H3. The summed E-state index contributed by atoms with van der Waals surface area (Å²) in [5.74, 6) is 0.719. The Labute approximate surface area is 118 Å². The second-order valence-corrected chi connectivity index (χ2v) is 4.27. The lowest BCUT2D eigenvalue weighted by molar-refractivity contribution is 0.210. The van der Waals surface area contributed by atoms with Crippen molar-refractivity contribution >= 4 is 0 Å². The van der Waals surface area contributed by atoms with Crippen molar-refractivity contribution in [3.05, 3.63) is 59.9 Å². The minimum atomic E-state index is -0.350. The molecule has 0 saturated heterocycles. The predicted molar refractivity (Wildman–Crippen MR) is 76.6 cm³/mol. The normalized spacial score (nSPS) is 10.3. The summed E-state index contributed by atoms with van der Waals surface area (Å²) in [6.07, 6.45) is 0. The molecule has 0 aromatic heterocycles. The van der Waals surface area contributed by atoms with E-state index in [2.05, 4.69) is 5.32 Å². The molecule has 0 unspecified atom stereocenters. The Morgan fingerprint density at radius 1 is 0.950 bits per heavy atom. The van der Waals surface area contributed by atoms with Crippen molar-refractivity contribution in [3.8, 4) is 11.5 Å². The molecule has 0 saturated carbocycles. The Hall–Kier alpha value is -2.07. The van der Waals surface area contributed by atoms with Gasteiger partial charge in [-0.2, -0.15) is 0 Å². The van der Waals surface area contributed by atoms with E-state index in [4.69, 9.17) is 9.47 Å². The zero-order valence-corrected chi connectivity index (χ0v) is 11.4. The second-order valence-electron chi connectivity index (χ2n) is 4.27. The Morgan fingerprint density at radius 2 is 1.70 bits per heavy atom. The first-order valence-corrected chi connectivity index (χ1v) is 6.54. The number of benzene rings is 2. The summed E-state index contributed by atoms with van der Waals surface area (Å²) in [6, 6.07) is 14.4. The summed E-state index contributed by atoms with van der Waals surface area (Å²) in [4.78, 5) is 0. The van der Waals surface area contributed by atoms with Crippen LogP contribution in [0.1, 0.15) is 5.56 Å². The van der Waals surface area contributed by atoms with Crippen molar-refractivity contribution in [1.29, 1.82) is 0 Å². The zero-order chi connectivity index (χ0) is 14.2. The van der Waals surface area contributed by atoms with Crippen LogP contribution in [0.15, 0.2) is 48.5 Å². The maximum Gasteiger partial charge on any atom is 0.165 e. The summed E-state index contributed by atoms with van der Waals surface area (Å²) in [5.41, 5.74) is 0.798. The van der Waals surface area contributed by atoms with Crippen LogP contribution in [0.4, 0.5) is 4.39 Å². The lowest BCUT2D eigenvalue weighted by Crippen LogP contribution is -2.13. The van der Waals surface area contributed by atoms with Gasteiger partial charge >= 0.3 is 0 Å². The minimum Gasteiger partial charge on any atom is -0.490 e. The molecule has 1 N–H and O–H groups in total. The molecule has 3 nitrogen and oxygen atoms in total. The highest BCUT2D eigenvalue weighted by Gasteiger charge is 2.09. The van der Waals surface area contributed by atoms with Gasteiger partial charge in [0.05, 0.1) is 0 Å². The molecule has 0 fully saturated rings. The van der Waals surface area contributed by atoms with Gasteiger partial charge in [0.1, 0.15) is 19.0 Å². The molecule has 0 heterocycles. The third kappa shape index (κ3) is 3.96. The molecule has 0 aliphatic heterocycles. The van der Waals surface area contributed by atoms with Gasteiger partial charge in [0, 0.05) is 12.1 Å². The van der Waals surface area contributed by atoms with Gasteiger partial charge in [-0.1, -0.05) is 30.3 Å². The number of ether oxygens (including phenoxy) is 2. The van der Waals surface area contributed by atoms with E-state index in [0.29, 0.717) is 25.5 Å². The fourth-order valence-corrected chi connectivity index (χ4v) is 1.86. The summed E-state index contributed by atoms with van der Waals surface area (Å²) in [5, 5.41) is 2.99. The van der Waals surface area contributed by atoms with Crippen molar-refractivity contribution in [3.63, 3.8) is 0 Å². The van der Waals surface area contributed by atoms with Gasteiger partial charge in [-0.05, 0) is 25.2 Å². The quantitative estimate of drug-likeness (QED) is 0.788. The smallest absolute Gasteiger partial charge is 0.165 e. The first kappa shape index (κ1) is 14.3. The summed E-state index contributed by atoms with van der Waals surface area (Å²) in [7, 11) is 1.81. The molecule has 4 heteroatoms. The van der Waals surface area contributed by atoms with Crippen LogP contribution in [0.3, 0.4) is 0 Å². The highest BCUT2D eigenvalue weighted by atomic mass is 19.1. The van der Waals surface area contributed by atoms with Crippen LogP contribution in [-0.4, -0.2) is 20.3 Å². The van der Waals surface area contributed by atoms with Crippen LogP contribution in [0.25, 0.3) is 0 Å². The number of para-hydroxylation sites is 2. The average Bonchev–Trinajstić information content (AvgIpc) is 2.47. The molecule has 2 aromatic rings. The van der Waals surface area contributed by atoms with E-state index < -0.39 is 0 Å². The van der Waals surface area contributed by atoms with E-state index in [9.17, 15) is 4.39 Å². The second kappa shape index (κ2) is 7.50. The molecule has 0 amide bonds. The van der Waals surface area contributed by atoms with Crippen molar-refractivity contribution in [2.24, 2.45) is 0 Å². The lowest BCUT2D eigenvalue weighted by atomic mass is 10.2. The fourth-order valence-electron chi connectivity index (χ4n) is 1.86. The molecule has 106 valence electrons. The van der Waals surface area contributed by atoms with Crippen LogP contribution in [0.5, 0.6) is 11.5 Å². The number of halogens is 1. The van der Waals surface area contributed by atoms with Gasteiger partial charge in [0.15, 0.2) is 11.6 Å². The predicted octanol–water partition coefficient (Wildman–Crippen LogP) is 3.00. The van der Waals surface area contributed by atoms with Gasteiger partial charge in [-0.25, -0.2) is 4.39 Å². The number of rotatable bonds is 7. The topological polar surface area (TPSA) is 30.5 Å². The number of hydrogen-bond acceptors (Lipinski definition) is 3. The molecular weight excluding hydrogens is 257 g/mol. The van der Waals surface area contributed by atoms with E-state index in [-0.39, 0.29) is 5.82 Å². The molecule has 0 aliphatic carbocycles. The van der Waals surface area contributed by atoms with E-state index in [1.807, 2.05) is 43.4 Å². The van der Waals surface area contributed by atoms with Crippen molar-refractivity contribution < 1.29 is 13.9 Å². The summed E-state index contributed by atoms with van der Waals surface area (Å²) >= 11 is 0. The van der Waals surface area contributed by atoms with Crippen LogP contribution < -0.4 is 14.8 Å². The molecule has 2 aromatic carbocycles. The Bertz CT molecular complexity index is 531. The lowest BCUT2D eigenvalue weighted by Gasteiger charge is -2.12. The van der Waals surface area contributed by atoms with Gasteiger partial charge in [0.2, 0.25) is 0 Å². The van der Waals surface area contributed by atoms with Gasteiger partial charge in [-0.15, -0.1) is 0 Å². The molecule has 0 aliphatic rings. The van der Waals surface area contributed by atoms with Gasteiger partial charge < -0.3 is 14.8 Å². The minimum absolute atomic E-state index is 0.290. The van der Waals surface area contributed by atoms with Crippen molar-refractivity contribution in [1.82, 2.24) is 5.32 Å². The van der Waals surface area contributed by atoms with Crippen LogP contribution >= 0.6 is 0 Å².